The number of hydrogen-bond acceptors (Lipinski definition) is 4. The first-order valence-corrected chi connectivity index (χ1v) is 6.92. The Morgan fingerprint density at radius 1 is 1.45 bits per heavy atom. The molecule has 1 aliphatic carbocycles. The van der Waals surface area contributed by atoms with Crippen LogP contribution in [0.1, 0.15) is 55.5 Å². The molecular weight excluding hydrogens is 260 g/mol. The number of carbonyl (C=O) groups excluding carboxylic acids is 1. The smallest absolute Gasteiger partial charge is 0.306 e. The highest BCUT2D eigenvalue weighted by Gasteiger charge is 2.33. The lowest BCUT2D eigenvalue weighted by atomic mass is 9.96. The third kappa shape index (κ3) is 3.15. The lowest BCUT2D eigenvalue weighted by molar-refractivity contribution is -0.142. The minimum absolute atomic E-state index is 0.0000361. The van der Waals surface area contributed by atoms with E-state index in [1.54, 1.807) is 0 Å². The topological polar surface area (TPSA) is 108 Å². The van der Waals surface area contributed by atoms with Gasteiger partial charge in [-0.05, 0) is 18.8 Å². The molecule has 1 aromatic heterocycles. The van der Waals surface area contributed by atoms with Gasteiger partial charge in [-0.3, -0.25) is 14.7 Å². The largest absolute Gasteiger partial charge is 0.481 e. The van der Waals surface area contributed by atoms with Gasteiger partial charge < -0.3 is 10.4 Å². The predicted octanol–water partition coefficient (Wildman–Crippen LogP) is 1.16. The van der Waals surface area contributed by atoms with Crippen LogP contribution >= 0.6 is 0 Å². The second kappa shape index (κ2) is 6.02. The molecule has 7 nitrogen and oxygen atoms in total. The quantitative estimate of drug-likeness (QED) is 0.750. The third-order valence-corrected chi connectivity index (χ3v) is 3.75. The lowest BCUT2D eigenvalue weighted by Gasteiger charge is -2.15. The number of aromatic amines is 1. The zero-order valence-electron chi connectivity index (χ0n) is 11.7. The number of aromatic nitrogens is 3. The van der Waals surface area contributed by atoms with E-state index >= 15 is 0 Å². The highest BCUT2D eigenvalue weighted by molar-refractivity contribution is 5.90. The summed E-state index contributed by atoms with van der Waals surface area (Å²) in [6.45, 7) is 4.28. The molecular formula is C13H20N4O3. The van der Waals surface area contributed by atoms with Gasteiger partial charge in [0.1, 0.15) is 5.82 Å². The Morgan fingerprint density at radius 3 is 2.80 bits per heavy atom. The SMILES string of the molecule is CC(C)c1nc(C(=O)NCC2CCCC2C(=O)O)n[nH]1. The Balaban J connectivity index is 1.90. The molecule has 1 heterocycles. The standard InChI is InChI=1S/C13H20N4O3/c1-7(2)10-15-11(17-16-10)12(18)14-6-8-4-3-5-9(8)13(19)20/h7-9H,3-6H2,1-2H3,(H,14,18)(H,19,20)(H,15,16,17). The van der Waals surface area contributed by atoms with Crippen molar-refractivity contribution in [1.82, 2.24) is 20.5 Å². The minimum atomic E-state index is -0.776. The number of amides is 1. The van der Waals surface area contributed by atoms with Crippen LogP contribution in [0.4, 0.5) is 0 Å². The Morgan fingerprint density at radius 2 is 2.20 bits per heavy atom. The van der Waals surface area contributed by atoms with Gasteiger partial charge in [0.05, 0.1) is 5.92 Å². The van der Waals surface area contributed by atoms with E-state index in [2.05, 4.69) is 20.5 Å². The first-order valence-electron chi connectivity index (χ1n) is 6.92. The molecule has 1 amide bonds. The Hall–Kier alpha value is -1.92. The first kappa shape index (κ1) is 14.5. The van der Waals surface area contributed by atoms with Crippen LogP contribution in [-0.4, -0.2) is 38.7 Å². The number of carboxylic acids is 1. The zero-order valence-corrected chi connectivity index (χ0v) is 11.7. The van der Waals surface area contributed by atoms with Crippen LogP contribution in [0.2, 0.25) is 0 Å². The van der Waals surface area contributed by atoms with E-state index in [1.807, 2.05) is 13.8 Å². The van der Waals surface area contributed by atoms with Crippen LogP contribution in [0.15, 0.2) is 0 Å². The second-order valence-electron chi connectivity index (χ2n) is 5.54. The highest BCUT2D eigenvalue weighted by Crippen LogP contribution is 2.31. The van der Waals surface area contributed by atoms with Crippen molar-refractivity contribution in [2.24, 2.45) is 11.8 Å². The highest BCUT2D eigenvalue weighted by atomic mass is 16.4. The molecule has 0 radical (unpaired) electrons. The van der Waals surface area contributed by atoms with E-state index in [-0.39, 0.29) is 29.5 Å². The number of hydrogen-bond donors (Lipinski definition) is 3. The molecule has 2 rings (SSSR count). The molecule has 1 aromatic rings. The van der Waals surface area contributed by atoms with Gasteiger partial charge in [-0.25, -0.2) is 4.98 Å². The van der Waals surface area contributed by atoms with E-state index in [0.29, 0.717) is 18.8 Å². The lowest BCUT2D eigenvalue weighted by Crippen LogP contribution is -2.33. The van der Waals surface area contributed by atoms with Crippen molar-refractivity contribution < 1.29 is 14.7 Å². The average Bonchev–Trinajstić information content (AvgIpc) is 3.04. The van der Waals surface area contributed by atoms with Crippen LogP contribution in [0.25, 0.3) is 0 Å². The summed E-state index contributed by atoms with van der Waals surface area (Å²) in [5.41, 5.74) is 0. The number of aliphatic carboxylic acids is 1. The summed E-state index contributed by atoms with van der Waals surface area (Å²) in [5.74, 6) is -0.534. The predicted molar refractivity (Wildman–Crippen MR) is 71.3 cm³/mol. The first-order chi connectivity index (χ1) is 9.49. The normalized spacial score (nSPS) is 22.1. The molecule has 0 bridgehead atoms. The number of rotatable bonds is 5. The van der Waals surface area contributed by atoms with E-state index in [1.165, 1.54) is 0 Å². The molecule has 0 aliphatic heterocycles. The molecule has 3 N–H and O–H groups in total. The molecule has 110 valence electrons. The van der Waals surface area contributed by atoms with Gasteiger partial charge in [0.2, 0.25) is 5.82 Å². The molecule has 2 unspecified atom stereocenters. The monoisotopic (exact) mass is 280 g/mol. The third-order valence-electron chi connectivity index (χ3n) is 3.75. The van der Waals surface area contributed by atoms with Crippen molar-refractivity contribution in [3.05, 3.63) is 11.6 Å². The summed E-state index contributed by atoms with van der Waals surface area (Å²) in [7, 11) is 0. The Kier molecular flexibility index (Phi) is 4.36. The molecule has 0 spiro atoms. The van der Waals surface area contributed by atoms with Crippen LogP contribution in [0, 0.1) is 11.8 Å². The molecule has 1 aliphatic rings. The Labute approximate surface area is 117 Å². The summed E-state index contributed by atoms with van der Waals surface area (Å²) in [4.78, 5) is 27.1. The number of H-pyrrole nitrogens is 1. The summed E-state index contributed by atoms with van der Waals surface area (Å²) in [6.07, 6.45) is 2.42. The van der Waals surface area contributed by atoms with E-state index in [9.17, 15) is 9.59 Å². The molecule has 0 aromatic carbocycles. The molecule has 20 heavy (non-hydrogen) atoms. The number of carboxylic acid groups (broad SMARTS) is 1. The molecule has 2 atom stereocenters. The van der Waals surface area contributed by atoms with E-state index in [4.69, 9.17) is 5.11 Å². The maximum absolute atomic E-state index is 11.9. The number of nitrogens with zero attached hydrogens (tertiary/aromatic N) is 2. The van der Waals surface area contributed by atoms with Crippen LogP contribution in [0.5, 0.6) is 0 Å². The fourth-order valence-electron chi connectivity index (χ4n) is 2.54. The summed E-state index contributed by atoms with van der Waals surface area (Å²) in [5, 5.41) is 18.4. The van der Waals surface area contributed by atoms with Crippen LogP contribution in [0.3, 0.4) is 0 Å². The maximum atomic E-state index is 11.9. The summed E-state index contributed by atoms with van der Waals surface area (Å²) >= 11 is 0. The van der Waals surface area contributed by atoms with Gasteiger partial charge in [-0.1, -0.05) is 20.3 Å². The van der Waals surface area contributed by atoms with Crippen LogP contribution < -0.4 is 5.32 Å². The van der Waals surface area contributed by atoms with Crippen molar-refractivity contribution in [2.45, 2.75) is 39.0 Å². The minimum Gasteiger partial charge on any atom is -0.481 e. The van der Waals surface area contributed by atoms with Gasteiger partial charge in [0, 0.05) is 12.5 Å². The van der Waals surface area contributed by atoms with Crippen molar-refractivity contribution in [2.75, 3.05) is 6.54 Å². The van der Waals surface area contributed by atoms with Crippen LogP contribution in [-0.2, 0) is 4.79 Å². The zero-order chi connectivity index (χ0) is 14.7. The van der Waals surface area contributed by atoms with Gasteiger partial charge in [0.25, 0.3) is 5.91 Å². The number of nitrogens with one attached hydrogen (secondary N) is 2. The fraction of sp³-hybridized carbons (Fsp3) is 0.692. The van der Waals surface area contributed by atoms with Gasteiger partial charge in [-0.15, -0.1) is 5.10 Å². The average molecular weight is 280 g/mol. The molecule has 1 fully saturated rings. The Bertz CT molecular complexity index is 498. The summed E-state index contributed by atoms with van der Waals surface area (Å²) in [6, 6.07) is 0. The van der Waals surface area contributed by atoms with Crippen molar-refractivity contribution >= 4 is 11.9 Å². The van der Waals surface area contributed by atoms with E-state index in [0.717, 1.165) is 12.8 Å². The van der Waals surface area contributed by atoms with Gasteiger partial charge >= 0.3 is 5.97 Å². The van der Waals surface area contributed by atoms with E-state index < -0.39 is 5.97 Å². The van der Waals surface area contributed by atoms with Crippen molar-refractivity contribution in [1.29, 1.82) is 0 Å². The van der Waals surface area contributed by atoms with Crippen molar-refractivity contribution in [3.63, 3.8) is 0 Å². The second-order valence-corrected chi connectivity index (χ2v) is 5.54. The maximum Gasteiger partial charge on any atom is 0.306 e. The molecule has 1 saturated carbocycles. The molecule has 7 heteroatoms. The fourth-order valence-corrected chi connectivity index (χ4v) is 2.54. The van der Waals surface area contributed by atoms with Gasteiger partial charge in [0.15, 0.2) is 0 Å². The van der Waals surface area contributed by atoms with Crippen molar-refractivity contribution in [3.8, 4) is 0 Å². The van der Waals surface area contributed by atoms with Gasteiger partial charge in [-0.2, -0.15) is 0 Å². The summed E-state index contributed by atoms with van der Waals surface area (Å²) < 4.78 is 0. The molecule has 0 saturated heterocycles. The number of carbonyl (C=O) groups is 2.